The molecule has 2 unspecified atom stereocenters. The van der Waals surface area contributed by atoms with Gasteiger partial charge in [0.15, 0.2) is 0 Å². The summed E-state index contributed by atoms with van der Waals surface area (Å²) in [5, 5.41) is 8.72. The molecule has 47 heavy (non-hydrogen) atoms. The Morgan fingerprint density at radius 2 is 1.21 bits per heavy atom. The van der Waals surface area contributed by atoms with Gasteiger partial charge in [0.25, 0.3) is 0 Å². The first kappa shape index (κ1) is 25.2. The molecule has 3 heteroatoms. The van der Waals surface area contributed by atoms with Gasteiger partial charge in [-0.25, -0.2) is 0 Å². The molecule has 0 N–H and O–H groups in total. The molecular formula is C44H28N2O. The molecule has 11 rings (SSSR count). The molecule has 0 spiro atoms. The number of ether oxygens (including phenoxy) is 1. The van der Waals surface area contributed by atoms with Crippen molar-refractivity contribution in [1.29, 1.82) is 0 Å². The van der Waals surface area contributed by atoms with Gasteiger partial charge in [0, 0.05) is 49.7 Å². The maximum absolute atomic E-state index is 6.80. The van der Waals surface area contributed by atoms with Crippen molar-refractivity contribution in [2.24, 2.45) is 0 Å². The quantitative estimate of drug-likeness (QED) is 0.181. The number of nitrogens with zero attached hydrogens (tertiary/aromatic N) is 2. The van der Waals surface area contributed by atoms with Crippen molar-refractivity contribution >= 4 is 60.3 Å². The van der Waals surface area contributed by atoms with Crippen LogP contribution >= 0.6 is 0 Å². The summed E-state index contributed by atoms with van der Waals surface area (Å²) in [6.07, 6.45) is 4.60. The Morgan fingerprint density at radius 1 is 0.532 bits per heavy atom. The highest BCUT2D eigenvalue weighted by Crippen LogP contribution is 2.54. The van der Waals surface area contributed by atoms with Crippen LogP contribution in [0.4, 0.5) is 0 Å². The molecule has 0 amide bonds. The van der Waals surface area contributed by atoms with Crippen LogP contribution in [0.1, 0.15) is 28.8 Å². The summed E-state index contributed by atoms with van der Waals surface area (Å²) in [5.74, 6) is 1.17. The fraction of sp³-hybridized carbons (Fsp3) is 0.0455. The third kappa shape index (κ3) is 3.30. The van der Waals surface area contributed by atoms with Crippen molar-refractivity contribution in [2.45, 2.75) is 12.0 Å². The minimum atomic E-state index is -0.0762. The molecule has 2 aliphatic rings. The van der Waals surface area contributed by atoms with Crippen molar-refractivity contribution in [3.63, 3.8) is 0 Å². The van der Waals surface area contributed by atoms with E-state index in [1.54, 1.807) is 0 Å². The zero-order valence-electron chi connectivity index (χ0n) is 25.5. The standard InChI is InChI=1S/C44H28N2O/c1-2-14-29(15-3-1)45-38-24-22-33-32-18-9-11-21-39(32)47-44(33)41(38)35-23-25-37-40(43(35)45)34-19-8-10-20-36(34)46(37)42-30-16-6-4-12-27(30)26-28-13-5-7-17-31(28)42/h1-26,33,44H. The summed E-state index contributed by atoms with van der Waals surface area (Å²) in [5.41, 5.74) is 9.72. The molecule has 0 radical (unpaired) electrons. The normalized spacial score (nSPS) is 16.6. The molecule has 9 aromatic rings. The van der Waals surface area contributed by atoms with Crippen molar-refractivity contribution in [1.82, 2.24) is 9.13 Å². The minimum Gasteiger partial charge on any atom is -0.484 e. The predicted octanol–water partition coefficient (Wildman–Crippen LogP) is 11.3. The molecule has 220 valence electrons. The van der Waals surface area contributed by atoms with Crippen LogP contribution in [0, 0.1) is 0 Å². The van der Waals surface area contributed by atoms with Gasteiger partial charge in [-0.1, -0.05) is 115 Å². The zero-order valence-corrected chi connectivity index (χ0v) is 25.5. The second kappa shape index (κ2) is 9.24. The summed E-state index contributed by atoms with van der Waals surface area (Å²) >= 11 is 0. The number of hydrogen-bond acceptors (Lipinski definition) is 1. The van der Waals surface area contributed by atoms with Crippen LogP contribution in [0.2, 0.25) is 0 Å². The second-order valence-electron chi connectivity index (χ2n) is 12.8. The third-order valence-corrected chi connectivity index (χ3v) is 10.4. The van der Waals surface area contributed by atoms with E-state index in [-0.39, 0.29) is 12.0 Å². The molecule has 1 aliphatic carbocycles. The van der Waals surface area contributed by atoms with Crippen molar-refractivity contribution in [3.05, 3.63) is 168 Å². The van der Waals surface area contributed by atoms with Crippen LogP contribution in [0.25, 0.3) is 71.7 Å². The van der Waals surface area contributed by atoms with Crippen LogP contribution in [0.15, 0.2) is 152 Å². The van der Waals surface area contributed by atoms with Gasteiger partial charge in [-0.15, -0.1) is 0 Å². The first-order chi connectivity index (χ1) is 23.3. The predicted molar refractivity (Wildman–Crippen MR) is 194 cm³/mol. The molecule has 3 nitrogen and oxygen atoms in total. The molecule has 1 aliphatic heterocycles. The number of para-hydroxylation sites is 3. The van der Waals surface area contributed by atoms with E-state index in [1.165, 1.54) is 76.8 Å². The lowest BCUT2D eigenvalue weighted by atomic mass is 9.85. The summed E-state index contributed by atoms with van der Waals surface area (Å²) in [7, 11) is 0. The molecule has 0 bridgehead atoms. The van der Waals surface area contributed by atoms with E-state index >= 15 is 0 Å². The highest BCUT2D eigenvalue weighted by molar-refractivity contribution is 6.23. The van der Waals surface area contributed by atoms with Gasteiger partial charge >= 0.3 is 0 Å². The lowest BCUT2D eigenvalue weighted by molar-refractivity contribution is 0.224. The number of hydrogen-bond donors (Lipinski definition) is 0. The smallest absolute Gasteiger partial charge is 0.137 e. The lowest BCUT2D eigenvalue weighted by Gasteiger charge is -2.22. The average molecular weight is 601 g/mol. The number of fused-ring (bicyclic) bond motifs is 13. The third-order valence-electron chi connectivity index (χ3n) is 10.4. The summed E-state index contributed by atoms with van der Waals surface area (Å²) in [6.45, 7) is 0. The van der Waals surface area contributed by atoms with Crippen molar-refractivity contribution in [2.75, 3.05) is 0 Å². The van der Waals surface area contributed by atoms with Crippen LogP contribution in [-0.4, -0.2) is 9.13 Å². The monoisotopic (exact) mass is 600 g/mol. The van der Waals surface area contributed by atoms with E-state index in [0.717, 1.165) is 11.4 Å². The zero-order chi connectivity index (χ0) is 30.6. The van der Waals surface area contributed by atoms with Crippen molar-refractivity contribution < 1.29 is 4.74 Å². The molecule has 7 aromatic carbocycles. The van der Waals surface area contributed by atoms with Crippen LogP contribution in [0.5, 0.6) is 5.75 Å². The Bertz CT molecular complexity index is 2730. The maximum atomic E-state index is 6.80. The van der Waals surface area contributed by atoms with E-state index in [2.05, 4.69) is 167 Å². The first-order valence-electron chi connectivity index (χ1n) is 16.4. The fourth-order valence-electron chi connectivity index (χ4n) is 8.53. The molecule has 0 saturated carbocycles. The molecule has 0 saturated heterocycles. The van der Waals surface area contributed by atoms with Crippen LogP contribution in [-0.2, 0) is 0 Å². The Labute approximate surface area is 271 Å². The summed E-state index contributed by atoms with van der Waals surface area (Å²) in [6, 6.07) is 52.8. The Balaban J connectivity index is 1.32. The number of benzene rings is 7. The van der Waals surface area contributed by atoms with E-state index < -0.39 is 0 Å². The van der Waals surface area contributed by atoms with Gasteiger partial charge in [-0.2, -0.15) is 0 Å². The Morgan fingerprint density at radius 3 is 2.02 bits per heavy atom. The second-order valence-corrected chi connectivity index (χ2v) is 12.8. The van der Waals surface area contributed by atoms with E-state index in [9.17, 15) is 0 Å². The summed E-state index contributed by atoms with van der Waals surface area (Å²) in [4.78, 5) is 0. The number of rotatable bonds is 2. The maximum Gasteiger partial charge on any atom is 0.137 e. The van der Waals surface area contributed by atoms with Crippen molar-refractivity contribution in [3.8, 4) is 17.1 Å². The van der Waals surface area contributed by atoms with Gasteiger partial charge < -0.3 is 13.9 Å². The van der Waals surface area contributed by atoms with Gasteiger partial charge in [0.05, 0.1) is 27.9 Å². The van der Waals surface area contributed by atoms with E-state index in [4.69, 9.17) is 4.74 Å². The van der Waals surface area contributed by atoms with E-state index in [0.29, 0.717) is 0 Å². The average Bonchev–Trinajstić information content (AvgIpc) is 3.78. The minimum absolute atomic E-state index is 0.0762. The Kier molecular flexibility index (Phi) is 4.95. The lowest BCUT2D eigenvalue weighted by Crippen LogP contribution is -2.13. The first-order valence-corrected chi connectivity index (χ1v) is 16.4. The molecule has 0 fully saturated rings. The van der Waals surface area contributed by atoms with Crippen LogP contribution in [0.3, 0.4) is 0 Å². The molecule has 2 atom stereocenters. The molecule has 3 heterocycles. The fourth-order valence-corrected chi connectivity index (χ4v) is 8.53. The number of aromatic nitrogens is 2. The summed E-state index contributed by atoms with van der Waals surface area (Å²) < 4.78 is 11.8. The topological polar surface area (TPSA) is 19.1 Å². The molecular weight excluding hydrogens is 572 g/mol. The Hall–Kier alpha value is -6.06. The highest BCUT2D eigenvalue weighted by Gasteiger charge is 2.40. The highest BCUT2D eigenvalue weighted by atomic mass is 16.5. The van der Waals surface area contributed by atoms with Crippen LogP contribution < -0.4 is 4.74 Å². The largest absolute Gasteiger partial charge is 0.484 e. The van der Waals surface area contributed by atoms with Gasteiger partial charge in [0.1, 0.15) is 11.9 Å². The molecule has 2 aromatic heterocycles. The van der Waals surface area contributed by atoms with E-state index in [1.807, 2.05) is 0 Å². The van der Waals surface area contributed by atoms with Gasteiger partial charge in [-0.05, 0) is 53.2 Å². The van der Waals surface area contributed by atoms with Gasteiger partial charge in [-0.3, -0.25) is 0 Å². The SMILES string of the molecule is C1=CC2c3ccccc3OC2c2c1n(-c1ccccc1)c1c2ccc2c1c1ccccc1n2-c1c2ccccc2cc2ccccc12. The van der Waals surface area contributed by atoms with Gasteiger partial charge in [0.2, 0.25) is 0 Å².